The molecule has 0 spiro atoms. The van der Waals surface area contributed by atoms with Gasteiger partial charge in [0.25, 0.3) is 0 Å². The fraction of sp³-hybridized carbons (Fsp3) is 0.417. The summed E-state index contributed by atoms with van der Waals surface area (Å²) in [6.45, 7) is 3.61. The van der Waals surface area contributed by atoms with E-state index in [1.54, 1.807) is 25.1 Å². The summed E-state index contributed by atoms with van der Waals surface area (Å²) in [5.74, 6) is -0.419. The lowest BCUT2D eigenvalue weighted by Gasteiger charge is -2.16. The van der Waals surface area contributed by atoms with Gasteiger partial charge in [0.05, 0.1) is 18.8 Å². The molecule has 1 aromatic carbocycles. The van der Waals surface area contributed by atoms with E-state index in [0.29, 0.717) is 11.3 Å². The molecule has 2 unspecified atom stereocenters. The number of esters is 1. The highest BCUT2D eigenvalue weighted by atomic mass is 32.2. The lowest BCUT2D eigenvalue weighted by molar-refractivity contribution is 0.0596. The highest BCUT2D eigenvalue weighted by molar-refractivity contribution is 8.00. The van der Waals surface area contributed by atoms with Gasteiger partial charge in [-0.3, -0.25) is 0 Å². The third-order valence-electron chi connectivity index (χ3n) is 2.40. The zero-order chi connectivity index (χ0) is 13.0. The van der Waals surface area contributed by atoms with Gasteiger partial charge in [-0.2, -0.15) is 0 Å². The number of hydrogen-bond acceptors (Lipinski definition) is 5. The number of ether oxygens (including phenoxy) is 1. The number of thioether (sulfide) groups is 1. The normalized spacial score (nSPS) is 14.1. The molecule has 5 heteroatoms. The molecule has 1 rings (SSSR count). The predicted octanol–water partition coefficient (Wildman–Crippen LogP) is 1.92. The van der Waals surface area contributed by atoms with Crippen molar-refractivity contribution in [1.29, 1.82) is 0 Å². The molecule has 1 aromatic rings. The average Bonchev–Trinajstić information content (AvgIpc) is 2.30. The van der Waals surface area contributed by atoms with Crippen molar-refractivity contribution in [3.63, 3.8) is 0 Å². The van der Waals surface area contributed by atoms with Gasteiger partial charge in [-0.1, -0.05) is 6.92 Å². The molecule has 0 aliphatic rings. The van der Waals surface area contributed by atoms with Crippen molar-refractivity contribution in [3.05, 3.63) is 23.8 Å². The van der Waals surface area contributed by atoms with Gasteiger partial charge in [-0.05, 0) is 25.1 Å². The zero-order valence-corrected chi connectivity index (χ0v) is 11.0. The van der Waals surface area contributed by atoms with Gasteiger partial charge in [0.15, 0.2) is 0 Å². The second kappa shape index (κ2) is 5.93. The van der Waals surface area contributed by atoms with E-state index in [-0.39, 0.29) is 5.25 Å². The molecule has 2 atom stereocenters. The Balaban J connectivity index is 3.02. The number of hydrogen-bond donors (Lipinski definition) is 2. The van der Waals surface area contributed by atoms with Crippen molar-refractivity contribution >= 4 is 23.4 Å². The first kappa shape index (κ1) is 13.9. The molecule has 94 valence electrons. The smallest absolute Gasteiger partial charge is 0.339 e. The summed E-state index contributed by atoms with van der Waals surface area (Å²) in [4.78, 5) is 12.3. The molecular formula is C12H17NO3S. The summed E-state index contributed by atoms with van der Waals surface area (Å²) in [5.41, 5.74) is 6.59. The number of benzene rings is 1. The summed E-state index contributed by atoms with van der Waals surface area (Å²) in [6.07, 6.45) is -0.456. The Kier molecular flexibility index (Phi) is 4.84. The second-order valence-electron chi connectivity index (χ2n) is 3.81. The number of rotatable bonds is 4. The van der Waals surface area contributed by atoms with Gasteiger partial charge < -0.3 is 15.6 Å². The Morgan fingerprint density at radius 3 is 2.65 bits per heavy atom. The molecule has 0 aliphatic carbocycles. The number of aliphatic hydroxyl groups is 1. The van der Waals surface area contributed by atoms with Gasteiger partial charge in [-0.15, -0.1) is 11.8 Å². The summed E-state index contributed by atoms with van der Waals surface area (Å²) in [7, 11) is 1.33. The summed E-state index contributed by atoms with van der Waals surface area (Å²) >= 11 is 1.42. The SMILES string of the molecule is COC(=O)c1cc(N)ccc1SC(C)C(C)O. The Morgan fingerprint density at radius 1 is 1.47 bits per heavy atom. The minimum absolute atomic E-state index is 0.0120. The largest absolute Gasteiger partial charge is 0.465 e. The number of anilines is 1. The van der Waals surface area contributed by atoms with Crippen molar-refractivity contribution in [2.24, 2.45) is 0 Å². The van der Waals surface area contributed by atoms with Crippen LogP contribution in [0, 0.1) is 0 Å². The van der Waals surface area contributed by atoms with Crippen LogP contribution < -0.4 is 5.73 Å². The first-order valence-electron chi connectivity index (χ1n) is 5.28. The molecule has 0 radical (unpaired) electrons. The van der Waals surface area contributed by atoms with E-state index >= 15 is 0 Å². The number of carbonyl (C=O) groups is 1. The van der Waals surface area contributed by atoms with Gasteiger partial charge in [0, 0.05) is 15.8 Å². The second-order valence-corrected chi connectivity index (χ2v) is 5.23. The molecule has 4 nitrogen and oxygen atoms in total. The molecule has 0 amide bonds. The number of aliphatic hydroxyl groups excluding tert-OH is 1. The minimum atomic E-state index is -0.456. The van der Waals surface area contributed by atoms with Gasteiger partial charge >= 0.3 is 5.97 Å². The van der Waals surface area contributed by atoms with Crippen LogP contribution in [0.2, 0.25) is 0 Å². The Hall–Kier alpha value is -1.20. The standard InChI is InChI=1S/C12H17NO3S/c1-7(14)8(2)17-11-5-4-9(13)6-10(11)12(15)16-3/h4-8,14H,13H2,1-3H3. The van der Waals surface area contributed by atoms with E-state index in [0.717, 1.165) is 4.90 Å². The van der Waals surface area contributed by atoms with Crippen LogP contribution in [0.3, 0.4) is 0 Å². The monoisotopic (exact) mass is 255 g/mol. The van der Waals surface area contributed by atoms with Gasteiger partial charge in [0.1, 0.15) is 0 Å². The van der Waals surface area contributed by atoms with Gasteiger partial charge in [-0.25, -0.2) is 4.79 Å². The highest BCUT2D eigenvalue weighted by Crippen LogP contribution is 2.30. The van der Waals surface area contributed by atoms with Crippen LogP contribution in [0.4, 0.5) is 5.69 Å². The van der Waals surface area contributed by atoms with E-state index < -0.39 is 12.1 Å². The van der Waals surface area contributed by atoms with E-state index in [4.69, 9.17) is 10.5 Å². The maximum atomic E-state index is 11.6. The van der Waals surface area contributed by atoms with E-state index in [1.807, 2.05) is 6.92 Å². The molecule has 17 heavy (non-hydrogen) atoms. The zero-order valence-electron chi connectivity index (χ0n) is 10.1. The molecule has 0 saturated carbocycles. The Morgan fingerprint density at radius 2 is 2.12 bits per heavy atom. The van der Waals surface area contributed by atoms with E-state index in [2.05, 4.69) is 0 Å². The van der Waals surface area contributed by atoms with Crippen LogP contribution in [0.25, 0.3) is 0 Å². The van der Waals surface area contributed by atoms with Crippen molar-refractivity contribution in [2.75, 3.05) is 12.8 Å². The lowest BCUT2D eigenvalue weighted by Crippen LogP contribution is -2.16. The Labute approximate surface area is 105 Å². The molecule has 0 heterocycles. The maximum Gasteiger partial charge on any atom is 0.339 e. The third kappa shape index (κ3) is 3.64. The van der Waals surface area contributed by atoms with Crippen LogP contribution in [-0.4, -0.2) is 29.5 Å². The molecule has 0 bridgehead atoms. The van der Waals surface area contributed by atoms with Crippen LogP contribution in [0.1, 0.15) is 24.2 Å². The number of nitrogen functional groups attached to an aromatic ring is 1. The number of carbonyl (C=O) groups excluding carboxylic acids is 1. The lowest BCUT2D eigenvalue weighted by atomic mass is 10.2. The molecule has 0 aliphatic heterocycles. The topological polar surface area (TPSA) is 72.5 Å². The summed E-state index contributed by atoms with van der Waals surface area (Å²) in [6, 6.07) is 5.08. The predicted molar refractivity (Wildman–Crippen MR) is 69.2 cm³/mol. The quantitative estimate of drug-likeness (QED) is 0.488. The Bertz CT molecular complexity index is 407. The van der Waals surface area contributed by atoms with Crippen LogP contribution in [0.5, 0.6) is 0 Å². The molecule has 3 N–H and O–H groups in total. The average molecular weight is 255 g/mol. The molecule has 0 saturated heterocycles. The number of nitrogens with two attached hydrogens (primary N) is 1. The van der Waals surface area contributed by atoms with Crippen LogP contribution >= 0.6 is 11.8 Å². The van der Waals surface area contributed by atoms with Crippen LogP contribution in [0.15, 0.2) is 23.1 Å². The number of methoxy groups -OCH3 is 1. The van der Waals surface area contributed by atoms with Crippen LogP contribution in [-0.2, 0) is 4.74 Å². The molecule has 0 aromatic heterocycles. The van der Waals surface area contributed by atoms with E-state index in [9.17, 15) is 9.90 Å². The first-order valence-corrected chi connectivity index (χ1v) is 6.16. The maximum absolute atomic E-state index is 11.6. The molecule has 0 fully saturated rings. The highest BCUT2D eigenvalue weighted by Gasteiger charge is 2.17. The van der Waals surface area contributed by atoms with Crippen molar-refractivity contribution < 1.29 is 14.6 Å². The summed E-state index contributed by atoms with van der Waals surface area (Å²) < 4.78 is 4.70. The molecular weight excluding hydrogens is 238 g/mol. The fourth-order valence-corrected chi connectivity index (χ4v) is 2.23. The first-order chi connectivity index (χ1) is 7.95. The van der Waals surface area contributed by atoms with Crippen molar-refractivity contribution in [3.8, 4) is 0 Å². The fourth-order valence-electron chi connectivity index (χ4n) is 1.22. The van der Waals surface area contributed by atoms with Gasteiger partial charge in [0.2, 0.25) is 0 Å². The minimum Gasteiger partial charge on any atom is -0.465 e. The van der Waals surface area contributed by atoms with Crippen molar-refractivity contribution in [2.45, 2.75) is 30.1 Å². The summed E-state index contributed by atoms with van der Waals surface area (Å²) in [5, 5.41) is 9.45. The van der Waals surface area contributed by atoms with Crippen molar-refractivity contribution in [1.82, 2.24) is 0 Å². The third-order valence-corrected chi connectivity index (χ3v) is 3.78. The van der Waals surface area contributed by atoms with E-state index in [1.165, 1.54) is 18.9 Å².